The minimum absolute atomic E-state index is 0.345. The lowest BCUT2D eigenvalue weighted by Gasteiger charge is -2.28. The van der Waals surface area contributed by atoms with Crippen molar-refractivity contribution in [2.75, 3.05) is 19.1 Å². The van der Waals surface area contributed by atoms with E-state index in [-0.39, 0.29) is 0 Å². The van der Waals surface area contributed by atoms with Gasteiger partial charge in [0.1, 0.15) is 5.92 Å². The number of nitrogens with zero attached hydrogens (tertiary/aromatic N) is 1. The number of fused-ring (bicyclic) bond motifs is 1. The van der Waals surface area contributed by atoms with E-state index in [9.17, 15) is 19.2 Å². The highest BCUT2D eigenvalue weighted by Crippen LogP contribution is 2.54. The van der Waals surface area contributed by atoms with Gasteiger partial charge in [0.05, 0.1) is 31.9 Å². The van der Waals surface area contributed by atoms with Gasteiger partial charge in [0, 0.05) is 0 Å². The third-order valence-corrected chi connectivity index (χ3v) is 5.55. The molecular weight excluding hydrogens is 390 g/mol. The van der Waals surface area contributed by atoms with Gasteiger partial charge >= 0.3 is 11.9 Å². The van der Waals surface area contributed by atoms with Crippen molar-refractivity contribution in [1.29, 1.82) is 0 Å². The molecule has 2 aliphatic rings. The summed E-state index contributed by atoms with van der Waals surface area (Å²) in [6.07, 6.45) is -1.01. The topological polar surface area (TPSA) is 99.2 Å². The van der Waals surface area contributed by atoms with Gasteiger partial charge in [0.25, 0.3) is 5.60 Å². The van der Waals surface area contributed by atoms with Gasteiger partial charge in [-0.3, -0.25) is 9.59 Å². The van der Waals surface area contributed by atoms with E-state index in [1.54, 1.807) is 60.7 Å². The first kappa shape index (κ1) is 19.8. The van der Waals surface area contributed by atoms with Crippen LogP contribution in [-0.2, 0) is 33.4 Å². The molecule has 8 heteroatoms. The van der Waals surface area contributed by atoms with Crippen LogP contribution >= 0.6 is 0 Å². The Labute approximate surface area is 172 Å². The summed E-state index contributed by atoms with van der Waals surface area (Å²) >= 11 is 0. The van der Waals surface area contributed by atoms with Gasteiger partial charge in [-0.25, -0.2) is 14.5 Å². The van der Waals surface area contributed by atoms with Crippen molar-refractivity contribution in [3.8, 4) is 0 Å². The maximum atomic E-state index is 13.4. The van der Waals surface area contributed by atoms with Crippen molar-refractivity contribution in [3.05, 3.63) is 66.2 Å². The van der Waals surface area contributed by atoms with Crippen LogP contribution in [0.25, 0.3) is 0 Å². The minimum atomic E-state index is -2.38. The van der Waals surface area contributed by atoms with Crippen LogP contribution in [0.5, 0.6) is 0 Å². The molecule has 0 radical (unpaired) electrons. The highest BCUT2D eigenvalue weighted by atomic mass is 16.6. The summed E-state index contributed by atoms with van der Waals surface area (Å²) in [7, 11) is 2.16. The second-order valence-electron chi connectivity index (χ2n) is 7.02. The van der Waals surface area contributed by atoms with Gasteiger partial charge in [-0.15, -0.1) is 0 Å². The van der Waals surface area contributed by atoms with Crippen LogP contribution < -0.4 is 4.90 Å². The fraction of sp³-hybridized carbons (Fsp3) is 0.273. The lowest BCUT2D eigenvalue weighted by molar-refractivity contribution is -0.191. The van der Waals surface area contributed by atoms with Crippen molar-refractivity contribution in [3.63, 3.8) is 0 Å². The fourth-order valence-electron chi connectivity index (χ4n) is 4.26. The summed E-state index contributed by atoms with van der Waals surface area (Å²) in [5.41, 5.74) is -1.49. The molecule has 0 bridgehead atoms. The van der Waals surface area contributed by atoms with Crippen LogP contribution in [0, 0.1) is 11.8 Å². The smallest absolute Gasteiger partial charge is 0.350 e. The molecular formula is C22H19NO7. The predicted molar refractivity (Wildman–Crippen MR) is 103 cm³/mol. The Morgan fingerprint density at radius 1 is 0.867 bits per heavy atom. The second kappa shape index (κ2) is 7.38. The van der Waals surface area contributed by atoms with E-state index in [1.165, 1.54) is 0 Å². The number of methoxy groups -OCH3 is 2. The number of hydrogen-bond donors (Lipinski definition) is 0. The molecule has 2 aromatic carbocycles. The number of imide groups is 1. The van der Waals surface area contributed by atoms with Gasteiger partial charge < -0.3 is 14.2 Å². The van der Waals surface area contributed by atoms with E-state index >= 15 is 0 Å². The summed E-state index contributed by atoms with van der Waals surface area (Å²) in [6.45, 7) is 0. The van der Waals surface area contributed by atoms with Gasteiger partial charge in [0.2, 0.25) is 11.8 Å². The number of amides is 2. The summed E-state index contributed by atoms with van der Waals surface area (Å²) in [5.74, 6) is -5.96. The number of esters is 2. The Kier molecular flexibility index (Phi) is 4.87. The summed E-state index contributed by atoms with van der Waals surface area (Å²) in [4.78, 5) is 53.5. The summed E-state index contributed by atoms with van der Waals surface area (Å²) in [6, 6.07) is 17.0. The number of anilines is 1. The van der Waals surface area contributed by atoms with Crippen molar-refractivity contribution in [1.82, 2.24) is 0 Å². The quantitative estimate of drug-likeness (QED) is 0.430. The Hall–Kier alpha value is -3.52. The predicted octanol–water partition coefficient (Wildman–Crippen LogP) is 1.65. The zero-order valence-corrected chi connectivity index (χ0v) is 16.3. The highest BCUT2D eigenvalue weighted by Gasteiger charge is 2.74. The van der Waals surface area contributed by atoms with Gasteiger partial charge in [-0.1, -0.05) is 48.5 Å². The molecule has 8 nitrogen and oxygen atoms in total. The molecule has 0 spiro atoms. The number of benzene rings is 2. The van der Waals surface area contributed by atoms with Gasteiger partial charge in [-0.05, 0) is 17.7 Å². The molecule has 154 valence electrons. The standard InChI is InChI=1S/C22H19NO7/c1-28-20(26)22(21(27)29-2)16-15(17(30-22)13-9-5-3-6-10-13)18(24)23(19(16)25)14-11-7-4-8-12-14/h3-12,15-17H,1-2H3/t15-,16-,17-/m1/s1. The Morgan fingerprint density at radius 3 is 1.93 bits per heavy atom. The van der Waals surface area contributed by atoms with E-state index in [2.05, 4.69) is 0 Å². The minimum Gasteiger partial charge on any atom is -0.466 e. The first-order chi connectivity index (χ1) is 14.5. The molecule has 0 aromatic heterocycles. The fourth-order valence-corrected chi connectivity index (χ4v) is 4.26. The number of ether oxygens (including phenoxy) is 3. The normalized spacial score (nSPS) is 24.5. The first-order valence-corrected chi connectivity index (χ1v) is 9.29. The Bertz CT molecular complexity index is 989. The molecule has 0 N–H and O–H groups in total. The number of carbonyl (C=O) groups is 4. The highest BCUT2D eigenvalue weighted by molar-refractivity contribution is 6.26. The van der Waals surface area contributed by atoms with Gasteiger partial charge in [-0.2, -0.15) is 0 Å². The second-order valence-corrected chi connectivity index (χ2v) is 7.02. The van der Waals surface area contributed by atoms with Crippen molar-refractivity contribution < 1.29 is 33.4 Å². The molecule has 3 atom stereocenters. The largest absolute Gasteiger partial charge is 0.466 e. The molecule has 2 amide bonds. The molecule has 2 fully saturated rings. The zero-order chi connectivity index (χ0) is 21.5. The number of rotatable bonds is 4. The van der Waals surface area contributed by atoms with Gasteiger partial charge in [0.15, 0.2) is 0 Å². The van der Waals surface area contributed by atoms with Crippen molar-refractivity contribution in [2.45, 2.75) is 11.7 Å². The van der Waals surface area contributed by atoms with E-state index in [0.717, 1.165) is 19.1 Å². The Balaban J connectivity index is 1.91. The van der Waals surface area contributed by atoms with Crippen LogP contribution in [-0.4, -0.2) is 43.6 Å². The molecule has 0 aliphatic carbocycles. The SMILES string of the molecule is COC(=O)C1(C(=O)OC)O[C@H](c2ccccc2)[C@@H]2C(=O)N(c3ccccc3)C(=O)[C@@H]21. The van der Waals surface area contributed by atoms with Crippen LogP contribution in [0.1, 0.15) is 11.7 Å². The molecule has 0 unspecified atom stereocenters. The Morgan fingerprint density at radius 2 is 1.40 bits per heavy atom. The molecule has 0 saturated carbocycles. The first-order valence-electron chi connectivity index (χ1n) is 9.29. The lowest BCUT2D eigenvalue weighted by Crippen LogP contribution is -2.56. The molecule has 2 aromatic rings. The average molecular weight is 409 g/mol. The number of para-hydroxylation sites is 1. The van der Waals surface area contributed by atoms with Crippen LogP contribution in [0.15, 0.2) is 60.7 Å². The summed E-state index contributed by atoms with van der Waals surface area (Å²) < 4.78 is 15.6. The van der Waals surface area contributed by atoms with E-state index < -0.39 is 47.3 Å². The van der Waals surface area contributed by atoms with Crippen molar-refractivity contribution >= 4 is 29.4 Å². The molecule has 2 heterocycles. The lowest BCUT2D eigenvalue weighted by atomic mass is 9.79. The number of carbonyl (C=O) groups excluding carboxylic acids is 4. The number of hydrogen-bond acceptors (Lipinski definition) is 7. The zero-order valence-electron chi connectivity index (χ0n) is 16.3. The average Bonchev–Trinajstić information content (AvgIpc) is 3.28. The maximum Gasteiger partial charge on any atom is 0.350 e. The third kappa shape index (κ3) is 2.64. The van der Waals surface area contributed by atoms with Crippen LogP contribution in [0.2, 0.25) is 0 Å². The molecule has 2 saturated heterocycles. The van der Waals surface area contributed by atoms with E-state index in [4.69, 9.17) is 14.2 Å². The van der Waals surface area contributed by atoms with Crippen LogP contribution in [0.4, 0.5) is 5.69 Å². The molecule has 4 rings (SSSR count). The van der Waals surface area contributed by atoms with E-state index in [1.807, 2.05) is 0 Å². The maximum absolute atomic E-state index is 13.4. The summed E-state index contributed by atoms with van der Waals surface area (Å²) in [5, 5.41) is 0. The van der Waals surface area contributed by atoms with E-state index in [0.29, 0.717) is 11.3 Å². The molecule has 30 heavy (non-hydrogen) atoms. The van der Waals surface area contributed by atoms with Crippen LogP contribution in [0.3, 0.4) is 0 Å². The van der Waals surface area contributed by atoms with Crippen molar-refractivity contribution in [2.24, 2.45) is 11.8 Å². The molecule has 2 aliphatic heterocycles. The monoisotopic (exact) mass is 409 g/mol. The third-order valence-electron chi connectivity index (χ3n) is 5.55.